The summed E-state index contributed by atoms with van der Waals surface area (Å²) in [5.74, 6) is -3.53. The van der Waals surface area contributed by atoms with Crippen molar-refractivity contribution in [3.8, 4) is 28.4 Å². The maximum atomic E-state index is 15.9. The third-order valence-electron chi connectivity index (χ3n) is 5.69. The number of alkyl halides is 2. The molecule has 36 heavy (non-hydrogen) atoms. The summed E-state index contributed by atoms with van der Waals surface area (Å²) in [7, 11) is 0. The van der Waals surface area contributed by atoms with Crippen LogP contribution in [0.25, 0.3) is 11.1 Å². The molecule has 0 aromatic heterocycles. The number of fused-ring (bicyclic) bond motifs is 2. The number of ether oxygens (including phenoxy) is 3. The van der Waals surface area contributed by atoms with Crippen LogP contribution in [0.15, 0.2) is 24.3 Å². The monoisotopic (exact) mass is 528 g/mol. The molecule has 2 amide bonds. The number of benzene rings is 2. The molecule has 0 saturated carbocycles. The summed E-state index contributed by atoms with van der Waals surface area (Å²) < 4.78 is 58.0. The van der Waals surface area contributed by atoms with E-state index in [1.165, 1.54) is 28.0 Å². The minimum Gasteiger partial charge on any atom is -0.507 e. The van der Waals surface area contributed by atoms with Crippen molar-refractivity contribution in [3.63, 3.8) is 0 Å². The van der Waals surface area contributed by atoms with E-state index in [9.17, 15) is 23.5 Å². The van der Waals surface area contributed by atoms with Gasteiger partial charge in [0.2, 0.25) is 0 Å². The first-order chi connectivity index (χ1) is 16.9. The smallest absolute Gasteiger partial charge is 0.410 e. The highest BCUT2D eigenvalue weighted by molar-refractivity contribution is 6.33. The second-order valence-corrected chi connectivity index (χ2v) is 9.75. The first-order valence-electron chi connectivity index (χ1n) is 11.1. The highest BCUT2D eigenvalue weighted by atomic mass is 35.5. The van der Waals surface area contributed by atoms with Gasteiger partial charge in [0.25, 0.3) is 5.91 Å². The maximum Gasteiger partial charge on any atom is 0.410 e. The van der Waals surface area contributed by atoms with Crippen molar-refractivity contribution < 1.29 is 42.1 Å². The summed E-state index contributed by atoms with van der Waals surface area (Å²) in [5, 5.41) is 10.2. The lowest BCUT2D eigenvalue weighted by Gasteiger charge is -2.40. The number of piperazine rings is 1. The number of carbonyl (C=O) groups excluding carboxylic acids is 2. The molecule has 4 rings (SSSR count). The van der Waals surface area contributed by atoms with Crippen LogP contribution in [-0.2, 0) is 4.74 Å². The fraction of sp³-hybridized carbons (Fsp3) is 0.417. The molecule has 1 N–H and O–H groups in total. The average molecular weight is 529 g/mol. The van der Waals surface area contributed by atoms with Crippen LogP contribution in [0, 0.1) is 5.82 Å². The zero-order valence-corrected chi connectivity index (χ0v) is 20.4. The Labute approximate surface area is 210 Å². The van der Waals surface area contributed by atoms with Gasteiger partial charge in [0.15, 0.2) is 11.6 Å². The van der Waals surface area contributed by atoms with Crippen molar-refractivity contribution in [2.75, 3.05) is 26.2 Å². The van der Waals surface area contributed by atoms with E-state index in [0.29, 0.717) is 0 Å². The SMILES string of the molecule is CC(C)(C)OC(=O)N1CCN2C(=O)c3cc(OC(F)F)c(-c4c(O)cccc4Cl)c(F)c3OC[C@H]2C1. The molecular formula is C24H24ClF3N2O6. The number of phenols is 1. The predicted molar refractivity (Wildman–Crippen MR) is 123 cm³/mol. The third kappa shape index (κ3) is 4.97. The fourth-order valence-electron chi connectivity index (χ4n) is 4.18. The molecule has 1 fully saturated rings. The van der Waals surface area contributed by atoms with Gasteiger partial charge in [-0.25, -0.2) is 9.18 Å². The van der Waals surface area contributed by atoms with E-state index in [4.69, 9.17) is 21.1 Å². The van der Waals surface area contributed by atoms with Crippen LogP contribution in [0.2, 0.25) is 5.02 Å². The Kier molecular flexibility index (Phi) is 6.87. The Morgan fingerprint density at radius 2 is 1.97 bits per heavy atom. The highest BCUT2D eigenvalue weighted by Gasteiger charge is 2.40. The molecule has 12 heteroatoms. The first-order valence-corrected chi connectivity index (χ1v) is 11.5. The number of phenolic OH excluding ortho intramolecular Hbond substituents is 1. The molecule has 0 aliphatic carbocycles. The van der Waals surface area contributed by atoms with Crippen molar-refractivity contribution in [1.82, 2.24) is 9.80 Å². The molecule has 0 unspecified atom stereocenters. The van der Waals surface area contributed by atoms with Crippen LogP contribution in [-0.4, -0.2) is 71.4 Å². The van der Waals surface area contributed by atoms with Gasteiger partial charge >= 0.3 is 12.7 Å². The minimum absolute atomic E-state index is 0.0643. The Balaban J connectivity index is 1.74. The largest absolute Gasteiger partial charge is 0.507 e. The van der Waals surface area contributed by atoms with E-state index in [-0.39, 0.29) is 42.4 Å². The zero-order valence-electron chi connectivity index (χ0n) is 19.7. The van der Waals surface area contributed by atoms with E-state index in [1.807, 2.05) is 0 Å². The number of halogens is 4. The van der Waals surface area contributed by atoms with Crippen molar-refractivity contribution in [2.24, 2.45) is 0 Å². The fourth-order valence-corrected chi connectivity index (χ4v) is 4.45. The summed E-state index contributed by atoms with van der Waals surface area (Å²) in [6.45, 7) is 1.96. The zero-order chi connectivity index (χ0) is 26.4. The standard InChI is InChI=1S/C24H24ClF3N2O6/c1-24(2,3)36-23(33)29-7-8-30-12(10-29)11-34-20-13(21(30)32)9-16(35-22(27)28)18(19(20)26)17-14(25)5-4-6-15(17)31/h4-6,9,12,22,31H,7-8,10-11H2,1-3H3/t12-/m1/s1. The van der Waals surface area contributed by atoms with E-state index in [0.717, 1.165) is 6.07 Å². The van der Waals surface area contributed by atoms with Gasteiger partial charge in [0, 0.05) is 25.2 Å². The first kappa shape index (κ1) is 25.7. The molecule has 0 bridgehead atoms. The molecule has 0 radical (unpaired) electrons. The van der Waals surface area contributed by atoms with Crippen LogP contribution < -0.4 is 9.47 Å². The molecule has 2 heterocycles. The Bertz CT molecular complexity index is 1180. The molecular weight excluding hydrogens is 505 g/mol. The summed E-state index contributed by atoms with van der Waals surface area (Å²) in [4.78, 5) is 28.7. The Morgan fingerprint density at radius 3 is 2.61 bits per heavy atom. The molecule has 2 aromatic rings. The summed E-state index contributed by atoms with van der Waals surface area (Å²) in [6.07, 6.45) is -0.563. The lowest BCUT2D eigenvalue weighted by molar-refractivity contribution is -0.0496. The van der Waals surface area contributed by atoms with Gasteiger partial charge in [-0.2, -0.15) is 8.78 Å². The van der Waals surface area contributed by atoms with Crippen LogP contribution >= 0.6 is 11.6 Å². The molecule has 1 atom stereocenters. The summed E-state index contributed by atoms with van der Waals surface area (Å²) in [5.41, 5.74) is -1.90. The van der Waals surface area contributed by atoms with Crippen molar-refractivity contribution in [3.05, 3.63) is 40.7 Å². The normalized spacial score (nSPS) is 17.8. The molecule has 0 spiro atoms. The topological polar surface area (TPSA) is 88.5 Å². The number of carbonyl (C=O) groups is 2. The second-order valence-electron chi connectivity index (χ2n) is 9.34. The van der Waals surface area contributed by atoms with Crippen LogP contribution in [0.1, 0.15) is 31.1 Å². The average Bonchev–Trinajstić information content (AvgIpc) is 2.90. The maximum absolute atomic E-state index is 15.9. The van der Waals surface area contributed by atoms with Crippen molar-refractivity contribution >= 4 is 23.6 Å². The molecule has 2 aromatic carbocycles. The number of rotatable bonds is 3. The van der Waals surface area contributed by atoms with Gasteiger partial charge in [-0.1, -0.05) is 17.7 Å². The molecule has 194 valence electrons. The summed E-state index contributed by atoms with van der Waals surface area (Å²) in [6, 6.07) is 4.24. The number of hydrogen-bond acceptors (Lipinski definition) is 6. The molecule has 1 saturated heterocycles. The van der Waals surface area contributed by atoms with E-state index in [1.54, 1.807) is 20.8 Å². The number of amides is 2. The van der Waals surface area contributed by atoms with Gasteiger partial charge in [-0.05, 0) is 39.0 Å². The summed E-state index contributed by atoms with van der Waals surface area (Å²) >= 11 is 6.14. The molecule has 2 aliphatic rings. The predicted octanol–water partition coefficient (Wildman–Crippen LogP) is 4.91. The van der Waals surface area contributed by atoms with Gasteiger partial charge < -0.3 is 29.1 Å². The lowest BCUT2D eigenvalue weighted by atomic mass is 9.99. The lowest BCUT2D eigenvalue weighted by Crippen LogP contribution is -2.58. The van der Waals surface area contributed by atoms with E-state index >= 15 is 4.39 Å². The van der Waals surface area contributed by atoms with Crippen LogP contribution in [0.4, 0.5) is 18.0 Å². The highest BCUT2D eigenvalue weighted by Crippen LogP contribution is 2.47. The van der Waals surface area contributed by atoms with Gasteiger partial charge in [-0.3, -0.25) is 4.79 Å². The Morgan fingerprint density at radius 1 is 1.25 bits per heavy atom. The third-order valence-corrected chi connectivity index (χ3v) is 6.00. The van der Waals surface area contributed by atoms with Crippen LogP contribution in [0.3, 0.4) is 0 Å². The van der Waals surface area contributed by atoms with Gasteiger partial charge in [0.1, 0.15) is 23.7 Å². The second kappa shape index (κ2) is 9.61. The van der Waals surface area contributed by atoms with Crippen molar-refractivity contribution in [1.29, 1.82) is 0 Å². The minimum atomic E-state index is -3.35. The number of aromatic hydroxyl groups is 1. The van der Waals surface area contributed by atoms with Crippen molar-refractivity contribution in [2.45, 2.75) is 39.0 Å². The Hall–Kier alpha value is -3.34. The van der Waals surface area contributed by atoms with Gasteiger partial charge in [0.05, 0.1) is 22.2 Å². The van der Waals surface area contributed by atoms with E-state index < -0.39 is 58.9 Å². The van der Waals surface area contributed by atoms with Crippen LogP contribution in [0.5, 0.6) is 17.2 Å². The van der Waals surface area contributed by atoms with E-state index in [2.05, 4.69) is 4.74 Å². The molecule has 8 nitrogen and oxygen atoms in total. The number of hydrogen-bond donors (Lipinski definition) is 1. The number of nitrogens with zero attached hydrogens (tertiary/aromatic N) is 2. The quantitative estimate of drug-likeness (QED) is 0.609. The molecule has 2 aliphatic heterocycles. The van der Waals surface area contributed by atoms with Gasteiger partial charge in [-0.15, -0.1) is 0 Å².